The topological polar surface area (TPSA) is 77.7 Å². The highest BCUT2D eigenvalue weighted by molar-refractivity contribution is 5.63. The lowest BCUT2D eigenvalue weighted by Gasteiger charge is -2.18. The summed E-state index contributed by atoms with van der Waals surface area (Å²) in [4.78, 5) is 6.46. The van der Waals surface area contributed by atoms with Crippen LogP contribution in [0.4, 0.5) is 17.5 Å². The van der Waals surface area contributed by atoms with Crippen LogP contribution < -0.4 is 10.2 Å². The number of nitrogens with zero attached hydrogens (tertiary/aromatic N) is 5. The van der Waals surface area contributed by atoms with Crippen LogP contribution in [0.2, 0.25) is 0 Å². The fourth-order valence-electron chi connectivity index (χ4n) is 2.28. The van der Waals surface area contributed by atoms with Gasteiger partial charge in [0.1, 0.15) is 6.07 Å². The van der Waals surface area contributed by atoms with Crippen molar-refractivity contribution in [3.8, 4) is 6.07 Å². The van der Waals surface area contributed by atoms with Crippen molar-refractivity contribution in [1.29, 1.82) is 5.26 Å². The number of anilines is 3. The molecule has 1 aromatic heterocycles. The van der Waals surface area contributed by atoms with E-state index >= 15 is 0 Å². The summed E-state index contributed by atoms with van der Waals surface area (Å²) in [7, 11) is 1.95. The number of hydrogen-bond donors (Lipinski definition) is 1. The summed E-state index contributed by atoms with van der Waals surface area (Å²) in [6.07, 6.45) is 1.62. The zero-order chi connectivity index (χ0) is 16.8. The molecule has 0 unspecified atom stereocenters. The van der Waals surface area contributed by atoms with E-state index in [0.29, 0.717) is 29.6 Å². The van der Waals surface area contributed by atoms with Gasteiger partial charge in [-0.3, -0.25) is 0 Å². The monoisotopic (exact) mass is 316 g/mol. The van der Waals surface area contributed by atoms with Gasteiger partial charge in [0.2, 0.25) is 5.95 Å². The minimum atomic E-state index is 0.357. The maximum absolute atomic E-state index is 9.15. The van der Waals surface area contributed by atoms with Crippen LogP contribution in [0.15, 0.2) is 60.8 Å². The van der Waals surface area contributed by atoms with E-state index in [1.165, 1.54) is 5.56 Å². The molecule has 0 atom stereocenters. The molecule has 0 aliphatic rings. The van der Waals surface area contributed by atoms with Crippen molar-refractivity contribution < 1.29 is 0 Å². The van der Waals surface area contributed by atoms with Crippen LogP contribution in [-0.2, 0) is 6.54 Å². The van der Waals surface area contributed by atoms with Crippen molar-refractivity contribution in [2.45, 2.75) is 6.54 Å². The predicted molar refractivity (Wildman–Crippen MR) is 92.8 cm³/mol. The molecule has 0 spiro atoms. The van der Waals surface area contributed by atoms with Crippen molar-refractivity contribution in [2.24, 2.45) is 0 Å². The molecule has 24 heavy (non-hydrogen) atoms. The Morgan fingerprint density at radius 3 is 2.62 bits per heavy atom. The maximum atomic E-state index is 9.15. The Morgan fingerprint density at radius 1 is 1.08 bits per heavy atom. The van der Waals surface area contributed by atoms with Crippen LogP contribution in [-0.4, -0.2) is 22.2 Å². The third-order valence-electron chi connectivity index (χ3n) is 3.49. The SMILES string of the molecule is CN(Cc1ccccc1)c1cnnc(Nc2ccccc2C#N)n1. The van der Waals surface area contributed by atoms with E-state index in [4.69, 9.17) is 5.26 Å². The van der Waals surface area contributed by atoms with Gasteiger partial charge in [-0.1, -0.05) is 42.5 Å². The van der Waals surface area contributed by atoms with Gasteiger partial charge in [-0.15, -0.1) is 5.10 Å². The van der Waals surface area contributed by atoms with Gasteiger partial charge in [-0.05, 0) is 17.7 Å². The van der Waals surface area contributed by atoms with E-state index in [2.05, 4.69) is 38.7 Å². The summed E-state index contributed by atoms with van der Waals surface area (Å²) in [6.45, 7) is 0.716. The van der Waals surface area contributed by atoms with Crippen molar-refractivity contribution in [3.63, 3.8) is 0 Å². The molecule has 1 heterocycles. The summed E-state index contributed by atoms with van der Waals surface area (Å²) >= 11 is 0. The number of hydrogen-bond acceptors (Lipinski definition) is 6. The van der Waals surface area contributed by atoms with Crippen LogP contribution in [0.25, 0.3) is 0 Å². The molecule has 3 aromatic rings. The molecular weight excluding hydrogens is 300 g/mol. The highest BCUT2D eigenvalue weighted by Crippen LogP contribution is 2.19. The molecule has 0 bridgehead atoms. The Morgan fingerprint density at radius 2 is 1.83 bits per heavy atom. The summed E-state index contributed by atoms with van der Waals surface area (Å²) < 4.78 is 0. The van der Waals surface area contributed by atoms with E-state index in [1.807, 2.05) is 48.3 Å². The normalized spacial score (nSPS) is 10.0. The smallest absolute Gasteiger partial charge is 0.249 e. The number of para-hydroxylation sites is 1. The number of aromatic nitrogens is 3. The summed E-state index contributed by atoms with van der Waals surface area (Å²) in [5.41, 5.74) is 2.37. The molecule has 0 aliphatic carbocycles. The fraction of sp³-hybridized carbons (Fsp3) is 0.111. The molecule has 0 aliphatic heterocycles. The first kappa shape index (κ1) is 15.4. The van der Waals surface area contributed by atoms with Crippen LogP contribution in [0.1, 0.15) is 11.1 Å². The zero-order valence-electron chi connectivity index (χ0n) is 13.2. The summed E-state index contributed by atoms with van der Waals surface area (Å²) in [5.74, 6) is 1.06. The highest BCUT2D eigenvalue weighted by atomic mass is 15.3. The third kappa shape index (κ3) is 3.65. The van der Waals surface area contributed by atoms with Crippen molar-refractivity contribution in [2.75, 3.05) is 17.3 Å². The first-order valence-electron chi connectivity index (χ1n) is 7.47. The van der Waals surface area contributed by atoms with Gasteiger partial charge in [-0.2, -0.15) is 15.3 Å². The van der Waals surface area contributed by atoms with Gasteiger partial charge in [0.05, 0.1) is 17.4 Å². The van der Waals surface area contributed by atoms with Gasteiger partial charge < -0.3 is 10.2 Å². The predicted octanol–water partition coefficient (Wildman–Crippen LogP) is 3.12. The van der Waals surface area contributed by atoms with Crippen LogP contribution >= 0.6 is 0 Å². The minimum absolute atomic E-state index is 0.357. The van der Waals surface area contributed by atoms with Crippen LogP contribution in [0.3, 0.4) is 0 Å². The Bertz CT molecular complexity index is 857. The third-order valence-corrected chi connectivity index (χ3v) is 3.49. The zero-order valence-corrected chi connectivity index (χ0v) is 13.2. The van der Waals surface area contributed by atoms with E-state index in [-0.39, 0.29) is 0 Å². The lowest BCUT2D eigenvalue weighted by molar-refractivity contribution is 0.866. The maximum Gasteiger partial charge on any atom is 0.249 e. The average Bonchev–Trinajstić information content (AvgIpc) is 2.63. The van der Waals surface area contributed by atoms with E-state index in [9.17, 15) is 0 Å². The van der Waals surface area contributed by atoms with E-state index < -0.39 is 0 Å². The molecule has 0 radical (unpaired) electrons. The molecule has 0 saturated heterocycles. The second-order valence-electron chi connectivity index (χ2n) is 5.26. The molecular formula is C18H16N6. The Balaban J connectivity index is 1.78. The number of benzene rings is 2. The first-order valence-corrected chi connectivity index (χ1v) is 7.47. The summed E-state index contributed by atoms with van der Waals surface area (Å²) in [5, 5.41) is 20.2. The number of nitrogens with one attached hydrogen (secondary N) is 1. The molecule has 0 saturated carbocycles. The first-order chi connectivity index (χ1) is 11.8. The minimum Gasteiger partial charge on any atom is -0.354 e. The number of rotatable bonds is 5. The molecule has 0 fully saturated rings. The number of nitriles is 1. The lowest BCUT2D eigenvalue weighted by Crippen LogP contribution is -2.18. The molecule has 1 N–H and O–H groups in total. The molecule has 118 valence electrons. The van der Waals surface area contributed by atoms with Crippen molar-refractivity contribution >= 4 is 17.5 Å². The van der Waals surface area contributed by atoms with Crippen molar-refractivity contribution in [1.82, 2.24) is 15.2 Å². The van der Waals surface area contributed by atoms with Gasteiger partial charge in [-0.25, -0.2) is 0 Å². The fourth-order valence-corrected chi connectivity index (χ4v) is 2.28. The standard InChI is InChI=1S/C18H16N6/c1-24(13-14-7-3-2-4-8-14)17-12-20-23-18(22-17)21-16-10-6-5-9-15(16)11-19/h2-10,12H,13H2,1H3,(H,21,22,23). The largest absolute Gasteiger partial charge is 0.354 e. The molecule has 3 rings (SSSR count). The lowest BCUT2D eigenvalue weighted by atomic mass is 10.2. The molecule has 0 amide bonds. The molecule has 6 heteroatoms. The van der Waals surface area contributed by atoms with Gasteiger partial charge in [0, 0.05) is 13.6 Å². The molecule has 2 aromatic carbocycles. The Hall–Kier alpha value is -3.46. The average molecular weight is 316 g/mol. The van der Waals surface area contributed by atoms with E-state index in [0.717, 1.165) is 0 Å². The second-order valence-corrected chi connectivity index (χ2v) is 5.26. The van der Waals surface area contributed by atoms with Crippen LogP contribution in [0.5, 0.6) is 0 Å². The quantitative estimate of drug-likeness (QED) is 0.779. The highest BCUT2D eigenvalue weighted by Gasteiger charge is 2.08. The van der Waals surface area contributed by atoms with Gasteiger partial charge in [0.15, 0.2) is 5.82 Å². The second kappa shape index (κ2) is 7.20. The van der Waals surface area contributed by atoms with Crippen molar-refractivity contribution in [3.05, 3.63) is 71.9 Å². The van der Waals surface area contributed by atoms with E-state index in [1.54, 1.807) is 12.3 Å². The Labute approximate surface area is 140 Å². The van der Waals surface area contributed by atoms with Crippen LogP contribution in [0, 0.1) is 11.3 Å². The Kier molecular flexibility index (Phi) is 4.63. The van der Waals surface area contributed by atoms with Gasteiger partial charge >= 0.3 is 0 Å². The summed E-state index contributed by atoms with van der Waals surface area (Å²) in [6, 6.07) is 19.5. The molecule has 6 nitrogen and oxygen atoms in total. The van der Waals surface area contributed by atoms with Gasteiger partial charge in [0.25, 0.3) is 0 Å².